The summed E-state index contributed by atoms with van der Waals surface area (Å²) in [5.74, 6) is 0.153. The standard InChI is InChI=1S/C15H16BrNO2/c1-19-15(6-3-7-15)8-13(18)10-9-17-12-5-2-4-11(16)14(10)12/h2,4-5,9,17H,3,6-8H2,1H3. The molecule has 0 atom stereocenters. The molecule has 0 unspecified atom stereocenters. The fourth-order valence-electron chi connectivity index (χ4n) is 2.77. The van der Waals surface area contributed by atoms with Gasteiger partial charge >= 0.3 is 0 Å². The predicted octanol–water partition coefficient (Wildman–Crippen LogP) is 4.07. The maximum Gasteiger partial charge on any atom is 0.167 e. The van der Waals surface area contributed by atoms with Crippen LogP contribution in [0.4, 0.5) is 0 Å². The van der Waals surface area contributed by atoms with Crippen LogP contribution in [-0.2, 0) is 4.74 Å². The van der Waals surface area contributed by atoms with E-state index >= 15 is 0 Å². The average molecular weight is 322 g/mol. The first-order chi connectivity index (χ1) is 9.15. The van der Waals surface area contributed by atoms with E-state index in [4.69, 9.17) is 4.74 Å². The third-order valence-electron chi connectivity index (χ3n) is 4.14. The number of halogens is 1. The molecular weight excluding hydrogens is 306 g/mol. The highest BCUT2D eigenvalue weighted by Gasteiger charge is 2.39. The summed E-state index contributed by atoms with van der Waals surface area (Å²) < 4.78 is 6.50. The van der Waals surface area contributed by atoms with Gasteiger partial charge in [0.25, 0.3) is 0 Å². The van der Waals surface area contributed by atoms with Gasteiger partial charge in [-0.2, -0.15) is 0 Å². The van der Waals surface area contributed by atoms with Crippen molar-refractivity contribution in [1.82, 2.24) is 4.98 Å². The van der Waals surface area contributed by atoms with E-state index < -0.39 is 0 Å². The number of ether oxygens (including phenoxy) is 1. The van der Waals surface area contributed by atoms with E-state index in [0.29, 0.717) is 6.42 Å². The van der Waals surface area contributed by atoms with E-state index in [-0.39, 0.29) is 11.4 Å². The Kier molecular flexibility index (Phi) is 3.23. The van der Waals surface area contributed by atoms with Crippen LogP contribution in [0.3, 0.4) is 0 Å². The number of fused-ring (bicyclic) bond motifs is 1. The Morgan fingerprint density at radius 3 is 2.89 bits per heavy atom. The number of carbonyl (C=O) groups excluding carboxylic acids is 1. The number of rotatable bonds is 4. The van der Waals surface area contributed by atoms with Crippen LogP contribution in [0.1, 0.15) is 36.0 Å². The van der Waals surface area contributed by atoms with E-state index in [1.165, 1.54) is 0 Å². The molecule has 1 aliphatic carbocycles. The number of ketones is 1. The summed E-state index contributed by atoms with van der Waals surface area (Å²) in [6.07, 6.45) is 5.40. The summed E-state index contributed by atoms with van der Waals surface area (Å²) in [5, 5.41) is 0.970. The molecule has 3 nitrogen and oxygen atoms in total. The molecule has 1 heterocycles. The number of nitrogens with one attached hydrogen (secondary N) is 1. The van der Waals surface area contributed by atoms with Crippen molar-refractivity contribution >= 4 is 32.6 Å². The number of hydrogen-bond acceptors (Lipinski definition) is 2. The topological polar surface area (TPSA) is 42.1 Å². The van der Waals surface area contributed by atoms with Gasteiger partial charge in [0, 0.05) is 40.7 Å². The van der Waals surface area contributed by atoms with Crippen LogP contribution in [0.2, 0.25) is 0 Å². The maximum atomic E-state index is 12.5. The molecule has 19 heavy (non-hydrogen) atoms. The van der Waals surface area contributed by atoms with Gasteiger partial charge in [0.15, 0.2) is 5.78 Å². The summed E-state index contributed by atoms with van der Waals surface area (Å²) in [5.41, 5.74) is 1.52. The molecule has 4 heteroatoms. The Labute approximate surface area is 120 Å². The molecule has 1 fully saturated rings. The van der Waals surface area contributed by atoms with Gasteiger partial charge in [0.1, 0.15) is 0 Å². The normalized spacial score (nSPS) is 17.4. The number of aromatic nitrogens is 1. The first kappa shape index (κ1) is 12.9. The molecule has 1 aromatic carbocycles. The van der Waals surface area contributed by atoms with Crippen molar-refractivity contribution < 1.29 is 9.53 Å². The highest BCUT2D eigenvalue weighted by atomic mass is 79.9. The van der Waals surface area contributed by atoms with Crippen LogP contribution < -0.4 is 0 Å². The lowest BCUT2D eigenvalue weighted by Gasteiger charge is -2.40. The Hall–Kier alpha value is -1.13. The molecule has 3 rings (SSSR count). The third-order valence-corrected chi connectivity index (χ3v) is 4.80. The Bertz CT molecular complexity index is 623. The second-order valence-corrected chi connectivity index (χ2v) is 6.06. The number of aromatic amines is 1. The van der Waals surface area contributed by atoms with Gasteiger partial charge < -0.3 is 9.72 Å². The molecule has 2 aromatic rings. The molecular formula is C15H16BrNO2. The molecule has 1 saturated carbocycles. The number of benzene rings is 1. The Morgan fingerprint density at radius 2 is 2.26 bits per heavy atom. The van der Waals surface area contributed by atoms with Gasteiger partial charge in [-0.15, -0.1) is 0 Å². The minimum Gasteiger partial charge on any atom is -0.378 e. The zero-order valence-electron chi connectivity index (χ0n) is 10.8. The molecule has 0 amide bonds. The lowest BCUT2D eigenvalue weighted by atomic mass is 9.76. The van der Waals surface area contributed by atoms with Crippen molar-refractivity contribution in [2.24, 2.45) is 0 Å². The van der Waals surface area contributed by atoms with Crippen LogP contribution in [0.5, 0.6) is 0 Å². The average Bonchev–Trinajstić information content (AvgIpc) is 2.79. The molecule has 0 aliphatic heterocycles. The first-order valence-electron chi connectivity index (χ1n) is 6.49. The lowest BCUT2D eigenvalue weighted by molar-refractivity contribution is -0.0704. The zero-order chi connectivity index (χ0) is 13.5. The molecule has 0 saturated heterocycles. The van der Waals surface area contributed by atoms with Crippen molar-refractivity contribution in [1.29, 1.82) is 0 Å². The van der Waals surface area contributed by atoms with Crippen LogP contribution in [0.25, 0.3) is 10.9 Å². The SMILES string of the molecule is COC1(CC(=O)c2c[nH]c3cccc(Br)c23)CCC1. The summed E-state index contributed by atoms with van der Waals surface area (Å²) in [6, 6.07) is 5.90. The van der Waals surface area contributed by atoms with Gasteiger partial charge in [-0.05, 0) is 31.4 Å². The van der Waals surface area contributed by atoms with Crippen LogP contribution in [0.15, 0.2) is 28.9 Å². The summed E-state index contributed by atoms with van der Waals surface area (Å²) in [7, 11) is 1.71. The van der Waals surface area contributed by atoms with E-state index in [9.17, 15) is 4.79 Å². The Morgan fingerprint density at radius 1 is 1.47 bits per heavy atom. The van der Waals surface area contributed by atoms with Crippen molar-refractivity contribution in [2.45, 2.75) is 31.3 Å². The van der Waals surface area contributed by atoms with Crippen LogP contribution >= 0.6 is 15.9 Å². The molecule has 1 aliphatic rings. The fraction of sp³-hybridized carbons (Fsp3) is 0.400. The summed E-state index contributed by atoms with van der Waals surface area (Å²) >= 11 is 3.52. The minimum absolute atomic E-state index is 0.153. The van der Waals surface area contributed by atoms with E-state index in [2.05, 4.69) is 20.9 Å². The van der Waals surface area contributed by atoms with Gasteiger partial charge in [-0.25, -0.2) is 0 Å². The van der Waals surface area contributed by atoms with E-state index in [0.717, 1.165) is 40.2 Å². The monoisotopic (exact) mass is 321 g/mol. The quantitative estimate of drug-likeness (QED) is 0.862. The number of H-pyrrole nitrogens is 1. The fourth-order valence-corrected chi connectivity index (χ4v) is 3.35. The molecule has 0 bridgehead atoms. The second kappa shape index (κ2) is 4.76. The number of Topliss-reactive ketones (excluding diaryl/α,β-unsaturated/α-hetero) is 1. The first-order valence-corrected chi connectivity index (χ1v) is 7.28. The second-order valence-electron chi connectivity index (χ2n) is 5.21. The van der Waals surface area contributed by atoms with E-state index in [1.54, 1.807) is 13.3 Å². The smallest absolute Gasteiger partial charge is 0.167 e. The number of carbonyl (C=O) groups is 1. The molecule has 0 spiro atoms. The predicted molar refractivity (Wildman–Crippen MR) is 78.5 cm³/mol. The highest BCUT2D eigenvalue weighted by Crippen LogP contribution is 2.39. The lowest BCUT2D eigenvalue weighted by Crippen LogP contribution is -2.41. The van der Waals surface area contributed by atoms with Crippen molar-refractivity contribution in [3.8, 4) is 0 Å². The molecule has 1 aromatic heterocycles. The van der Waals surface area contributed by atoms with Crippen molar-refractivity contribution in [3.63, 3.8) is 0 Å². The minimum atomic E-state index is -0.220. The summed E-state index contributed by atoms with van der Waals surface area (Å²) in [6.45, 7) is 0. The third kappa shape index (κ3) is 2.13. The van der Waals surface area contributed by atoms with Gasteiger partial charge in [0.05, 0.1) is 5.60 Å². The molecule has 100 valence electrons. The van der Waals surface area contributed by atoms with Crippen LogP contribution in [0, 0.1) is 0 Å². The van der Waals surface area contributed by atoms with Crippen molar-refractivity contribution in [2.75, 3.05) is 7.11 Å². The van der Waals surface area contributed by atoms with Gasteiger partial charge in [-0.1, -0.05) is 22.0 Å². The van der Waals surface area contributed by atoms with Gasteiger partial charge in [0.2, 0.25) is 0 Å². The molecule has 0 radical (unpaired) electrons. The number of methoxy groups -OCH3 is 1. The van der Waals surface area contributed by atoms with E-state index in [1.807, 2.05) is 18.2 Å². The molecule has 1 N–H and O–H groups in total. The largest absolute Gasteiger partial charge is 0.378 e. The Balaban J connectivity index is 1.94. The maximum absolute atomic E-state index is 12.5. The highest BCUT2D eigenvalue weighted by molar-refractivity contribution is 9.10. The van der Waals surface area contributed by atoms with Crippen molar-refractivity contribution in [3.05, 3.63) is 34.4 Å². The van der Waals surface area contributed by atoms with Gasteiger partial charge in [-0.3, -0.25) is 4.79 Å². The zero-order valence-corrected chi connectivity index (χ0v) is 12.4. The summed E-state index contributed by atoms with van der Waals surface area (Å²) in [4.78, 5) is 15.7. The number of hydrogen-bond donors (Lipinski definition) is 1. The van der Waals surface area contributed by atoms with Crippen LogP contribution in [-0.4, -0.2) is 23.5 Å².